The number of aromatic nitrogens is 2. The summed E-state index contributed by atoms with van der Waals surface area (Å²) in [7, 11) is 0. The third-order valence-electron chi connectivity index (χ3n) is 5.32. The van der Waals surface area contributed by atoms with Gasteiger partial charge in [0.15, 0.2) is 0 Å². The molecule has 0 saturated carbocycles. The molecule has 2 atom stereocenters. The molecule has 0 aliphatic carbocycles. The average molecular weight is 396 g/mol. The van der Waals surface area contributed by atoms with Gasteiger partial charge in [-0.15, -0.1) is 0 Å². The van der Waals surface area contributed by atoms with Crippen LogP contribution in [0.5, 0.6) is 0 Å². The molecule has 0 saturated heterocycles. The van der Waals surface area contributed by atoms with Crippen LogP contribution in [0.1, 0.15) is 70.9 Å². The normalized spacial score (nSPS) is 14.4. The molecule has 0 bridgehead atoms. The second kappa shape index (κ2) is 10.9. The molecule has 3 N–H and O–H groups in total. The molecule has 0 spiro atoms. The Hall–Kier alpha value is -2.22. The number of carbonyl (C=O) groups is 2. The van der Waals surface area contributed by atoms with Crippen molar-refractivity contribution >= 4 is 11.8 Å². The van der Waals surface area contributed by atoms with Gasteiger partial charge in [-0.2, -0.15) is 0 Å². The van der Waals surface area contributed by atoms with Crippen LogP contribution in [0, 0.1) is 12.3 Å². The summed E-state index contributed by atoms with van der Waals surface area (Å²) >= 11 is 0. The molecule has 8 nitrogen and oxygen atoms in total. The van der Waals surface area contributed by atoms with Gasteiger partial charge in [0.05, 0.1) is 6.42 Å². The fourth-order valence-corrected chi connectivity index (χ4v) is 3.07. The Balaban J connectivity index is 2.48. The molecule has 0 radical (unpaired) electrons. The molecule has 8 heteroatoms. The molecule has 0 unspecified atom stereocenters. The Morgan fingerprint density at radius 1 is 1.29 bits per heavy atom. The Labute approximate surface area is 165 Å². The van der Waals surface area contributed by atoms with Gasteiger partial charge in [-0.3, -0.25) is 23.9 Å². The lowest BCUT2D eigenvalue weighted by molar-refractivity contribution is -0.138. The van der Waals surface area contributed by atoms with Gasteiger partial charge in [-0.1, -0.05) is 13.8 Å². The van der Waals surface area contributed by atoms with E-state index in [0.29, 0.717) is 18.5 Å². The maximum absolute atomic E-state index is 12.0. The fraction of sp³-hybridized carbons (Fsp3) is 0.700. The van der Waals surface area contributed by atoms with Crippen LogP contribution in [0.4, 0.5) is 0 Å². The maximum Gasteiger partial charge on any atom is 0.328 e. The molecule has 158 valence electrons. The second-order valence-electron chi connectivity index (χ2n) is 7.91. The Bertz CT molecular complexity index is 783. The SMILES string of the molecule is CC[C@](C)(CCCC(=O)CCC(=O)O)CNC[C@@H](C)n1cc(C)c(=O)[nH]c1=O. The highest BCUT2D eigenvalue weighted by Crippen LogP contribution is 2.27. The molecule has 0 aliphatic heterocycles. The maximum atomic E-state index is 12.0. The van der Waals surface area contributed by atoms with Crippen molar-refractivity contribution in [3.8, 4) is 0 Å². The molecule has 28 heavy (non-hydrogen) atoms. The van der Waals surface area contributed by atoms with E-state index in [1.807, 2.05) is 6.92 Å². The third kappa shape index (κ3) is 7.80. The Morgan fingerprint density at radius 2 is 1.96 bits per heavy atom. The van der Waals surface area contributed by atoms with Crippen molar-refractivity contribution in [2.45, 2.75) is 72.3 Å². The van der Waals surface area contributed by atoms with E-state index in [1.54, 1.807) is 13.1 Å². The van der Waals surface area contributed by atoms with Crippen LogP contribution >= 0.6 is 0 Å². The lowest BCUT2D eigenvalue weighted by Gasteiger charge is -2.29. The summed E-state index contributed by atoms with van der Waals surface area (Å²) in [6.45, 7) is 9.17. The molecular weight excluding hydrogens is 362 g/mol. The molecule has 1 heterocycles. The smallest absolute Gasteiger partial charge is 0.328 e. The van der Waals surface area contributed by atoms with Crippen molar-refractivity contribution in [3.05, 3.63) is 32.6 Å². The molecular formula is C20H33N3O5. The summed E-state index contributed by atoms with van der Waals surface area (Å²) in [5.74, 6) is -0.947. The van der Waals surface area contributed by atoms with Gasteiger partial charge in [0, 0.05) is 43.7 Å². The third-order valence-corrected chi connectivity index (χ3v) is 5.32. The van der Waals surface area contributed by atoms with Crippen LogP contribution in [0.15, 0.2) is 15.8 Å². The number of carboxylic acid groups (broad SMARTS) is 1. The van der Waals surface area contributed by atoms with Gasteiger partial charge < -0.3 is 10.4 Å². The van der Waals surface area contributed by atoms with Crippen LogP contribution in [0.3, 0.4) is 0 Å². The lowest BCUT2D eigenvalue weighted by Crippen LogP contribution is -2.38. The van der Waals surface area contributed by atoms with E-state index in [1.165, 1.54) is 4.57 Å². The number of aryl methyl sites for hydroxylation is 1. The van der Waals surface area contributed by atoms with E-state index < -0.39 is 11.7 Å². The van der Waals surface area contributed by atoms with Crippen molar-refractivity contribution < 1.29 is 14.7 Å². The van der Waals surface area contributed by atoms with Gasteiger partial charge >= 0.3 is 11.7 Å². The zero-order valence-electron chi connectivity index (χ0n) is 17.3. The minimum Gasteiger partial charge on any atom is -0.481 e. The van der Waals surface area contributed by atoms with E-state index >= 15 is 0 Å². The van der Waals surface area contributed by atoms with Crippen molar-refractivity contribution in [1.29, 1.82) is 0 Å². The van der Waals surface area contributed by atoms with E-state index in [0.717, 1.165) is 25.8 Å². The van der Waals surface area contributed by atoms with E-state index in [-0.39, 0.29) is 35.6 Å². The summed E-state index contributed by atoms with van der Waals surface area (Å²) in [5, 5.41) is 12.0. The molecule has 0 aliphatic rings. The Morgan fingerprint density at radius 3 is 2.57 bits per heavy atom. The van der Waals surface area contributed by atoms with E-state index in [2.05, 4.69) is 24.1 Å². The number of aromatic amines is 1. The molecule has 1 aromatic rings. The first-order valence-corrected chi connectivity index (χ1v) is 9.84. The quantitative estimate of drug-likeness (QED) is 0.470. The van der Waals surface area contributed by atoms with Gasteiger partial charge in [0.1, 0.15) is 5.78 Å². The number of H-pyrrole nitrogens is 1. The van der Waals surface area contributed by atoms with Gasteiger partial charge in [0.2, 0.25) is 0 Å². The molecule has 0 fully saturated rings. The summed E-state index contributed by atoms with van der Waals surface area (Å²) in [6, 6.07) is -0.109. The van der Waals surface area contributed by atoms with Crippen molar-refractivity contribution in [3.63, 3.8) is 0 Å². The minimum absolute atomic E-state index is 0.00440. The molecule has 1 rings (SSSR count). The van der Waals surface area contributed by atoms with Crippen LogP contribution in [0.25, 0.3) is 0 Å². The molecule has 1 aromatic heterocycles. The lowest BCUT2D eigenvalue weighted by atomic mass is 9.82. The molecule has 0 aromatic carbocycles. The van der Waals surface area contributed by atoms with Crippen molar-refractivity contribution in [1.82, 2.24) is 14.9 Å². The minimum atomic E-state index is -0.943. The number of ketones is 1. The largest absolute Gasteiger partial charge is 0.481 e. The van der Waals surface area contributed by atoms with E-state index in [4.69, 9.17) is 5.11 Å². The van der Waals surface area contributed by atoms with Crippen molar-refractivity contribution in [2.75, 3.05) is 13.1 Å². The number of nitrogens with zero attached hydrogens (tertiary/aromatic N) is 1. The van der Waals surface area contributed by atoms with Crippen LogP contribution in [0.2, 0.25) is 0 Å². The van der Waals surface area contributed by atoms with Crippen LogP contribution < -0.4 is 16.6 Å². The predicted octanol–water partition coefficient (Wildman–Crippen LogP) is 2.02. The number of nitrogens with one attached hydrogen (secondary N) is 2. The number of hydrogen-bond donors (Lipinski definition) is 3. The van der Waals surface area contributed by atoms with Gasteiger partial charge in [-0.25, -0.2) is 4.79 Å². The average Bonchev–Trinajstić information content (AvgIpc) is 2.62. The summed E-state index contributed by atoms with van der Waals surface area (Å²) in [6.07, 6.45) is 4.52. The number of carboxylic acids is 1. The highest BCUT2D eigenvalue weighted by atomic mass is 16.4. The zero-order chi connectivity index (χ0) is 21.3. The number of carbonyl (C=O) groups excluding carboxylic acids is 1. The summed E-state index contributed by atoms with van der Waals surface area (Å²) in [5.41, 5.74) is -0.267. The first kappa shape index (κ1) is 23.8. The highest BCUT2D eigenvalue weighted by Gasteiger charge is 2.22. The van der Waals surface area contributed by atoms with Crippen molar-refractivity contribution in [2.24, 2.45) is 5.41 Å². The first-order valence-electron chi connectivity index (χ1n) is 9.84. The number of rotatable bonds is 13. The summed E-state index contributed by atoms with van der Waals surface area (Å²) < 4.78 is 1.52. The second-order valence-corrected chi connectivity index (χ2v) is 7.91. The predicted molar refractivity (Wildman–Crippen MR) is 108 cm³/mol. The Kier molecular flexibility index (Phi) is 9.31. The highest BCUT2D eigenvalue weighted by molar-refractivity contribution is 5.82. The summed E-state index contributed by atoms with van der Waals surface area (Å²) in [4.78, 5) is 48.0. The monoisotopic (exact) mass is 395 g/mol. The number of Topliss-reactive ketones (excluding diaryl/α,β-unsaturated/α-hetero) is 1. The molecule has 0 amide bonds. The fourth-order valence-electron chi connectivity index (χ4n) is 3.07. The number of aliphatic carboxylic acids is 1. The topological polar surface area (TPSA) is 121 Å². The number of hydrogen-bond acceptors (Lipinski definition) is 5. The first-order chi connectivity index (χ1) is 13.1. The van der Waals surface area contributed by atoms with Crippen LogP contribution in [-0.2, 0) is 9.59 Å². The zero-order valence-corrected chi connectivity index (χ0v) is 17.3. The van der Waals surface area contributed by atoms with Crippen LogP contribution in [-0.4, -0.2) is 39.5 Å². The van der Waals surface area contributed by atoms with Gasteiger partial charge in [-0.05, 0) is 38.5 Å². The van der Waals surface area contributed by atoms with Gasteiger partial charge in [0.25, 0.3) is 5.56 Å². The van der Waals surface area contributed by atoms with E-state index in [9.17, 15) is 19.2 Å². The standard InChI is InChI=1S/C20H33N3O5/c1-5-20(4,10-6-7-16(24)8-9-17(25)26)13-21-11-15(3)23-12-14(2)18(27)22-19(23)28/h12,15,21H,5-11,13H2,1-4H3,(H,25,26)(H,22,27,28)/t15-,20-/m1/s1.